The molecule has 2 aromatic carbocycles. The largest absolute Gasteiger partial charge is 0.374 e. The van der Waals surface area contributed by atoms with E-state index in [0.717, 1.165) is 27.8 Å². The number of halogens is 1. The van der Waals surface area contributed by atoms with Crippen molar-refractivity contribution in [3.63, 3.8) is 0 Å². The molecule has 3 aromatic rings. The predicted octanol–water partition coefficient (Wildman–Crippen LogP) is 4.68. The third kappa shape index (κ3) is 4.29. The Morgan fingerprint density at radius 2 is 2.04 bits per heavy atom. The minimum Gasteiger partial charge on any atom is -0.374 e. The molecule has 130 valence electrons. The molecule has 5 nitrogen and oxygen atoms in total. The summed E-state index contributed by atoms with van der Waals surface area (Å²) in [6.45, 7) is 0.713. The van der Waals surface area contributed by atoms with Crippen LogP contribution in [0.15, 0.2) is 59.8 Å². The first-order valence-corrected chi connectivity index (χ1v) is 8.56. The Hall–Kier alpha value is -3.10. The molecule has 1 heterocycles. The van der Waals surface area contributed by atoms with E-state index >= 15 is 0 Å². The zero-order chi connectivity index (χ0) is 18.4. The highest BCUT2D eigenvalue weighted by Gasteiger charge is 2.02. The number of benzene rings is 2. The van der Waals surface area contributed by atoms with Gasteiger partial charge in [0.1, 0.15) is 0 Å². The highest BCUT2D eigenvalue weighted by atomic mass is 35.5. The van der Waals surface area contributed by atoms with Crippen LogP contribution in [0.25, 0.3) is 10.9 Å². The van der Waals surface area contributed by atoms with Gasteiger partial charge in [0.05, 0.1) is 29.9 Å². The van der Waals surface area contributed by atoms with E-state index in [9.17, 15) is 0 Å². The monoisotopic (exact) mass is 363 g/mol. The molecule has 1 N–H and O–H groups in total. The number of fused-ring (bicyclic) bond motifs is 1. The number of pyridine rings is 1. The molecule has 0 fully saturated rings. The topological polar surface area (TPSA) is 64.3 Å². The smallest absolute Gasteiger partial charge is 0.0738 e. The van der Waals surface area contributed by atoms with E-state index in [4.69, 9.17) is 16.9 Å². The van der Waals surface area contributed by atoms with Gasteiger partial charge < -0.3 is 4.90 Å². The number of nitrogens with one attached hydrogen (secondary N) is 1. The lowest BCUT2D eigenvalue weighted by Gasteiger charge is -2.17. The van der Waals surface area contributed by atoms with E-state index < -0.39 is 0 Å². The lowest BCUT2D eigenvalue weighted by molar-refractivity contribution is 0.905. The fourth-order valence-corrected chi connectivity index (χ4v) is 2.72. The maximum absolute atomic E-state index is 8.67. The zero-order valence-electron chi connectivity index (χ0n) is 14.4. The lowest BCUT2D eigenvalue weighted by atomic mass is 10.2. The van der Waals surface area contributed by atoms with Crippen molar-refractivity contribution < 1.29 is 0 Å². The van der Waals surface area contributed by atoms with Crippen molar-refractivity contribution in [3.05, 3.63) is 65.3 Å². The van der Waals surface area contributed by atoms with Gasteiger partial charge in [-0.05, 0) is 42.0 Å². The van der Waals surface area contributed by atoms with Crippen LogP contribution in [0.5, 0.6) is 0 Å². The van der Waals surface area contributed by atoms with E-state index in [1.807, 2.05) is 55.6 Å². The summed E-state index contributed by atoms with van der Waals surface area (Å²) in [5.74, 6) is 0. The van der Waals surface area contributed by atoms with Crippen LogP contribution in [0, 0.1) is 11.3 Å². The van der Waals surface area contributed by atoms with Gasteiger partial charge in [0.2, 0.25) is 0 Å². The minimum absolute atomic E-state index is 0.509. The molecule has 6 heteroatoms. The average molecular weight is 364 g/mol. The standard InChI is InChI=1S/C20H18ClN5/c1-26(12-2-10-22)17-6-3-15(4-7-17)14-24-25-19-9-11-23-20-13-16(21)5-8-18(19)20/h3-9,11,13-14H,2,12H2,1H3,(H,23,25)/b24-14+. The first-order valence-electron chi connectivity index (χ1n) is 8.19. The normalized spacial score (nSPS) is 10.8. The zero-order valence-corrected chi connectivity index (χ0v) is 15.1. The van der Waals surface area contributed by atoms with Gasteiger partial charge >= 0.3 is 0 Å². The van der Waals surface area contributed by atoms with Crippen LogP contribution in [-0.2, 0) is 0 Å². The number of anilines is 2. The van der Waals surface area contributed by atoms with Crippen LogP contribution < -0.4 is 10.3 Å². The Labute approximate surface area is 157 Å². The highest BCUT2D eigenvalue weighted by Crippen LogP contribution is 2.24. The van der Waals surface area contributed by atoms with Crippen molar-refractivity contribution in [1.82, 2.24) is 4.98 Å². The molecule has 0 saturated heterocycles. The molecule has 0 spiro atoms. The van der Waals surface area contributed by atoms with Crippen LogP contribution >= 0.6 is 11.6 Å². The number of hydrogen-bond acceptors (Lipinski definition) is 5. The van der Waals surface area contributed by atoms with Crippen LogP contribution in [0.4, 0.5) is 11.4 Å². The SMILES string of the molecule is CN(CCC#N)c1ccc(/C=N/Nc2ccnc3cc(Cl)ccc23)cc1. The number of nitriles is 1. The van der Waals surface area contributed by atoms with Crippen molar-refractivity contribution in [3.8, 4) is 6.07 Å². The molecule has 3 rings (SSSR count). The van der Waals surface area contributed by atoms with Crippen LogP contribution in [0.3, 0.4) is 0 Å². The second kappa shape index (κ2) is 8.32. The van der Waals surface area contributed by atoms with Gasteiger partial charge in [-0.25, -0.2) is 0 Å². The van der Waals surface area contributed by atoms with Gasteiger partial charge in [0, 0.05) is 35.9 Å². The molecule has 0 aliphatic carbocycles. The molecule has 0 amide bonds. The van der Waals surface area contributed by atoms with Crippen molar-refractivity contribution in [2.45, 2.75) is 6.42 Å². The van der Waals surface area contributed by atoms with E-state index in [1.54, 1.807) is 12.4 Å². The molecule has 0 unspecified atom stereocenters. The molecule has 0 radical (unpaired) electrons. The van der Waals surface area contributed by atoms with Gasteiger partial charge in [-0.3, -0.25) is 10.4 Å². The number of hydrogen-bond donors (Lipinski definition) is 1. The molecule has 0 atom stereocenters. The summed E-state index contributed by atoms with van der Waals surface area (Å²) in [6, 6.07) is 17.6. The number of hydrazone groups is 1. The molecule has 26 heavy (non-hydrogen) atoms. The summed E-state index contributed by atoms with van der Waals surface area (Å²) in [7, 11) is 1.97. The van der Waals surface area contributed by atoms with E-state index in [-0.39, 0.29) is 0 Å². The first kappa shape index (κ1) is 17.7. The van der Waals surface area contributed by atoms with Gasteiger partial charge in [0.15, 0.2) is 0 Å². The van der Waals surface area contributed by atoms with Crippen molar-refractivity contribution in [2.24, 2.45) is 5.10 Å². The first-order chi connectivity index (χ1) is 12.7. The molecule has 0 aliphatic heterocycles. The molecular formula is C20H18ClN5. The van der Waals surface area contributed by atoms with Gasteiger partial charge in [-0.15, -0.1) is 0 Å². The maximum Gasteiger partial charge on any atom is 0.0738 e. The fraction of sp³-hybridized carbons (Fsp3) is 0.150. The summed E-state index contributed by atoms with van der Waals surface area (Å²) in [6.07, 6.45) is 4.00. The van der Waals surface area contributed by atoms with Gasteiger partial charge in [0.25, 0.3) is 0 Å². The lowest BCUT2D eigenvalue weighted by Crippen LogP contribution is -2.17. The second-order valence-corrected chi connectivity index (χ2v) is 6.25. The molecular weight excluding hydrogens is 346 g/mol. The summed E-state index contributed by atoms with van der Waals surface area (Å²) in [4.78, 5) is 6.37. The van der Waals surface area contributed by atoms with Gasteiger partial charge in [-0.2, -0.15) is 10.4 Å². The average Bonchev–Trinajstić information content (AvgIpc) is 2.66. The van der Waals surface area contributed by atoms with Crippen LogP contribution in [0.2, 0.25) is 5.02 Å². The molecule has 1 aromatic heterocycles. The molecule has 0 bridgehead atoms. The third-order valence-electron chi connectivity index (χ3n) is 4.00. The summed E-state index contributed by atoms with van der Waals surface area (Å²) >= 11 is 6.01. The highest BCUT2D eigenvalue weighted by molar-refractivity contribution is 6.31. The Morgan fingerprint density at radius 1 is 1.23 bits per heavy atom. The summed E-state index contributed by atoms with van der Waals surface area (Å²) in [5.41, 5.74) is 6.81. The Kier molecular flexibility index (Phi) is 5.67. The van der Waals surface area contributed by atoms with E-state index in [2.05, 4.69) is 26.5 Å². The number of nitrogens with zero attached hydrogens (tertiary/aromatic N) is 4. The van der Waals surface area contributed by atoms with Crippen LogP contribution in [0.1, 0.15) is 12.0 Å². The van der Waals surface area contributed by atoms with Gasteiger partial charge in [-0.1, -0.05) is 23.7 Å². The van der Waals surface area contributed by atoms with Crippen molar-refractivity contribution >= 4 is 40.1 Å². The van der Waals surface area contributed by atoms with Crippen LogP contribution in [-0.4, -0.2) is 24.8 Å². The molecule has 0 saturated carbocycles. The Bertz CT molecular complexity index is 960. The third-order valence-corrected chi connectivity index (χ3v) is 4.23. The number of rotatable bonds is 6. The van der Waals surface area contributed by atoms with E-state index in [1.165, 1.54) is 0 Å². The Balaban J connectivity index is 1.68. The second-order valence-electron chi connectivity index (χ2n) is 5.81. The summed E-state index contributed by atoms with van der Waals surface area (Å²) < 4.78 is 0. The summed E-state index contributed by atoms with van der Waals surface area (Å²) in [5, 5.41) is 14.6. The van der Waals surface area contributed by atoms with E-state index in [0.29, 0.717) is 18.0 Å². The fourth-order valence-electron chi connectivity index (χ4n) is 2.56. The molecule has 0 aliphatic rings. The van der Waals surface area contributed by atoms with Crippen molar-refractivity contribution in [2.75, 3.05) is 23.9 Å². The number of aromatic nitrogens is 1. The minimum atomic E-state index is 0.509. The Morgan fingerprint density at radius 3 is 2.81 bits per heavy atom. The predicted molar refractivity (Wildman–Crippen MR) is 108 cm³/mol. The quantitative estimate of drug-likeness (QED) is 0.510. The van der Waals surface area contributed by atoms with Crippen molar-refractivity contribution in [1.29, 1.82) is 5.26 Å². The maximum atomic E-state index is 8.67.